The lowest BCUT2D eigenvalue weighted by atomic mass is 10.2. The lowest BCUT2D eigenvalue weighted by Gasteiger charge is -2.19. The monoisotopic (exact) mass is 302 g/mol. The number of hydrogen-bond acceptors (Lipinski definition) is 6. The molecule has 20 heavy (non-hydrogen) atoms. The minimum Gasteiger partial charge on any atom is -0.318 e. The summed E-state index contributed by atoms with van der Waals surface area (Å²) in [4.78, 5) is 10.1. The van der Waals surface area contributed by atoms with Crippen molar-refractivity contribution in [3.05, 3.63) is 28.3 Å². The molecule has 0 aromatic heterocycles. The van der Waals surface area contributed by atoms with Gasteiger partial charge in [0.25, 0.3) is 5.69 Å². The Hall–Kier alpha value is -1.71. The molecule has 0 fully saturated rings. The number of nitro groups is 1. The number of rotatable bonds is 6. The maximum atomic E-state index is 12.3. The molecule has 1 aromatic carbocycles. The Balaban J connectivity index is 3.26. The maximum Gasteiger partial charge on any atom is 0.294 e. The molecule has 0 amide bonds. The number of hydrazine groups is 1. The van der Waals surface area contributed by atoms with Crippen LogP contribution in [0.3, 0.4) is 0 Å². The van der Waals surface area contributed by atoms with Gasteiger partial charge in [-0.2, -0.15) is 0 Å². The quantitative estimate of drug-likeness (QED) is 0.462. The Morgan fingerprint density at radius 3 is 2.50 bits per heavy atom. The van der Waals surface area contributed by atoms with Gasteiger partial charge in [-0.1, -0.05) is 13.8 Å². The van der Waals surface area contributed by atoms with Crippen molar-refractivity contribution in [3.8, 4) is 0 Å². The summed E-state index contributed by atoms with van der Waals surface area (Å²) in [5, 5.41) is 10.9. The van der Waals surface area contributed by atoms with Gasteiger partial charge in [0.1, 0.15) is 5.69 Å². The van der Waals surface area contributed by atoms with E-state index in [9.17, 15) is 18.5 Å². The second-order valence-corrected chi connectivity index (χ2v) is 6.80. The van der Waals surface area contributed by atoms with Crippen molar-refractivity contribution in [2.75, 3.05) is 19.0 Å². The highest BCUT2D eigenvalue weighted by Crippen LogP contribution is 2.28. The summed E-state index contributed by atoms with van der Waals surface area (Å²) in [6, 6.07) is 3.56. The van der Waals surface area contributed by atoms with Gasteiger partial charge >= 0.3 is 0 Å². The van der Waals surface area contributed by atoms with Gasteiger partial charge in [0.05, 0.1) is 9.82 Å². The molecule has 1 rings (SSSR count). The molecule has 0 unspecified atom stereocenters. The van der Waals surface area contributed by atoms with E-state index in [0.717, 1.165) is 6.07 Å². The van der Waals surface area contributed by atoms with E-state index in [2.05, 4.69) is 5.43 Å². The van der Waals surface area contributed by atoms with Crippen molar-refractivity contribution in [2.24, 2.45) is 11.8 Å². The topological polar surface area (TPSA) is 119 Å². The highest BCUT2D eigenvalue weighted by atomic mass is 32.2. The van der Waals surface area contributed by atoms with E-state index in [0.29, 0.717) is 6.54 Å². The Morgan fingerprint density at radius 2 is 2.05 bits per heavy atom. The fourth-order valence-electron chi connectivity index (χ4n) is 1.74. The van der Waals surface area contributed by atoms with Crippen LogP contribution < -0.4 is 11.3 Å². The van der Waals surface area contributed by atoms with Crippen molar-refractivity contribution < 1.29 is 13.3 Å². The molecule has 0 spiro atoms. The molecule has 0 saturated heterocycles. The summed E-state index contributed by atoms with van der Waals surface area (Å²) in [5.74, 6) is 5.31. The Labute approximate surface area is 117 Å². The van der Waals surface area contributed by atoms with E-state index in [1.807, 2.05) is 13.8 Å². The van der Waals surface area contributed by atoms with Crippen LogP contribution in [0.2, 0.25) is 0 Å². The zero-order valence-electron chi connectivity index (χ0n) is 11.5. The highest BCUT2D eigenvalue weighted by molar-refractivity contribution is 7.89. The molecule has 9 heteroatoms. The number of nitrogens with one attached hydrogen (secondary N) is 1. The molecule has 0 radical (unpaired) electrons. The van der Waals surface area contributed by atoms with E-state index >= 15 is 0 Å². The van der Waals surface area contributed by atoms with E-state index in [1.165, 1.54) is 23.5 Å². The average Bonchev–Trinajstić information content (AvgIpc) is 2.36. The number of benzene rings is 1. The number of nitrogens with zero attached hydrogens (tertiary/aromatic N) is 2. The first-order valence-corrected chi connectivity index (χ1v) is 7.35. The number of nitrogens with two attached hydrogens (primary N) is 1. The van der Waals surface area contributed by atoms with Crippen LogP contribution in [-0.4, -0.2) is 31.2 Å². The van der Waals surface area contributed by atoms with Gasteiger partial charge < -0.3 is 5.43 Å². The molecule has 1 aromatic rings. The normalized spacial score (nSPS) is 11.9. The number of sulfonamides is 1. The van der Waals surface area contributed by atoms with Crippen LogP contribution in [-0.2, 0) is 10.0 Å². The van der Waals surface area contributed by atoms with Gasteiger partial charge in [0.15, 0.2) is 0 Å². The van der Waals surface area contributed by atoms with Gasteiger partial charge in [-0.05, 0) is 18.1 Å². The molecule has 0 heterocycles. The SMILES string of the molecule is CC(C)CN(C)S(=O)(=O)c1ccc(NN)c([N+](=O)[O-])c1. The summed E-state index contributed by atoms with van der Waals surface area (Å²) in [5.41, 5.74) is 1.84. The average molecular weight is 302 g/mol. The van der Waals surface area contributed by atoms with Crippen LogP contribution in [0.15, 0.2) is 23.1 Å². The first-order chi connectivity index (χ1) is 9.20. The van der Waals surface area contributed by atoms with Gasteiger partial charge in [0, 0.05) is 19.7 Å². The van der Waals surface area contributed by atoms with Crippen molar-refractivity contribution in [1.29, 1.82) is 0 Å². The molecule has 0 bridgehead atoms. The summed E-state index contributed by atoms with van der Waals surface area (Å²) >= 11 is 0. The molecular weight excluding hydrogens is 284 g/mol. The van der Waals surface area contributed by atoms with Crippen molar-refractivity contribution in [1.82, 2.24) is 4.31 Å². The van der Waals surface area contributed by atoms with Crippen LogP contribution >= 0.6 is 0 Å². The Kier molecular flexibility index (Phi) is 5.03. The fraction of sp³-hybridized carbons (Fsp3) is 0.455. The zero-order chi connectivity index (χ0) is 15.5. The van der Waals surface area contributed by atoms with Crippen molar-refractivity contribution in [3.63, 3.8) is 0 Å². The van der Waals surface area contributed by atoms with Gasteiger partial charge in [-0.3, -0.25) is 16.0 Å². The number of nitrogen functional groups attached to an aromatic ring is 1. The molecule has 8 nitrogen and oxygen atoms in total. The predicted octanol–water partition coefficient (Wildman–Crippen LogP) is 1.16. The molecule has 112 valence electrons. The van der Waals surface area contributed by atoms with Crippen LogP contribution in [0.4, 0.5) is 11.4 Å². The predicted molar refractivity (Wildman–Crippen MR) is 75.6 cm³/mol. The van der Waals surface area contributed by atoms with Gasteiger partial charge in [-0.25, -0.2) is 12.7 Å². The first-order valence-electron chi connectivity index (χ1n) is 5.91. The molecular formula is C11H18N4O4S. The van der Waals surface area contributed by atoms with Crippen molar-refractivity contribution in [2.45, 2.75) is 18.7 Å². The summed E-state index contributed by atoms with van der Waals surface area (Å²) in [6.45, 7) is 4.10. The molecule has 0 aliphatic carbocycles. The number of anilines is 1. The van der Waals surface area contributed by atoms with E-state index in [1.54, 1.807) is 0 Å². The lowest BCUT2D eigenvalue weighted by Crippen LogP contribution is -2.30. The van der Waals surface area contributed by atoms with E-state index in [4.69, 9.17) is 5.84 Å². The van der Waals surface area contributed by atoms with Crippen molar-refractivity contribution >= 4 is 21.4 Å². The number of hydrogen-bond donors (Lipinski definition) is 2. The fourth-order valence-corrected chi connectivity index (χ4v) is 3.09. The third kappa shape index (κ3) is 3.44. The maximum absolute atomic E-state index is 12.3. The molecule has 0 saturated carbocycles. The third-order valence-electron chi connectivity index (χ3n) is 2.65. The summed E-state index contributed by atoms with van der Waals surface area (Å²) in [7, 11) is -2.31. The minimum atomic E-state index is -3.75. The molecule has 0 atom stereocenters. The third-order valence-corrected chi connectivity index (χ3v) is 4.47. The molecule has 3 N–H and O–H groups in total. The largest absolute Gasteiger partial charge is 0.318 e. The van der Waals surface area contributed by atoms with Crippen LogP contribution in [0.5, 0.6) is 0 Å². The second kappa shape index (κ2) is 6.16. The molecule has 0 aliphatic rings. The second-order valence-electron chi connectivity index (χ2n) is 4.76. The van der Waals surface area contributed by atoms with Crippen LogP contribution in [0, 0.1) is 16.0 Å². The summed E-state index contributed by atoms with van der Waals surface area (Å²) < 4.78 is 25.8. The minimum absolute atomic E-state index is 0.0560. The number of nitro benzene ring substituents is 1. The van der Waals surface area contributed by atoms with E-state index < -0.39 is 14.9 Å². The smallest absolute Gasteiger partial charge is 0.294 e. The van der Waals surface area contributed by atoms with E-state index in [-0.39, 0.29) is 22.2 Å². The van der Waals surface area contributed by atoms with Gasteiger partial charge in [-0.15, -0.1) is 0 Å². The Morgan fingerprint density at radius 1 is 1.45 bits per heavy atom. The highest BCUT2D eigenvalue weighted by Gasteiger charge is 2.25. The summed E-state index contributed by atoms with van der Waals surface area (Å²) in [6.07, 6.45) is 0. The zero-order valence-corrected chi connectivity index (χ0v) is 12.3. The van der Waals surface area contributed by atoms with Crippen LogP contribution in [0.25, 0.3) is 0 Å². The molecule has 0 aliphatic heterocycles. The lowest BCUT2D eigenvalue weighted by molar-refractivity contribution is -0.384. The Bertz CT molecular complexity index is 600. The first kappa shape index (κ1) is 16.3. The van der Waals surface area contributed by atoms with Gasteiger partial charge in [0.2, 0.25) is 10.0 Å². The van der Waals surface area contributed by atoms with Crippen LogP contribution in [0.1, 0.15) is 13.8 Å². The standard InChI is InChI=1S/C11H18N4O4S/c1-8(2)7-14(3)20(18,19)9-4-5-10(13-12)11(6-9)15(16)17/h4-6,8,13H,7,12H2,1-3H3.